The van der Waals surface area contributed by atoms with Crippen LogP contribution in [-0.4, -0.2) is 33.7 Å². The molecule has 0 aliphatic heterocycles. The minimum atomic E-state index is -0.879. The van der Waals surface area contributed by atoms with Crippen LogP contribution in [0.25, 0.3) is 0 Å². The van der Waals surface area contributed by atoms with E-state index in [0.29, 0.717) is 21.1 Å². The standard InChI is InChI=1S/C15H18O3.C14H12O3S/c1-10(15(17)18)12-7-5-11(6-8-12)9-13-3-2-4-14(13)16;1-9(14(16)17)11-7-8-12(18-11)13(15)10-5-3-2-4-6-10/h5-8,10,13H,2-4,9H2,1H3,(H,17,18);2-9H,1H3,(H,16,17). The fourth-order valence-corrected chi connectivity index (χ4v) is 5.05. The number of hydrogen-bond donors (Lipinski definition) is 2. The van der Waals surface area contributed by atoms with Crippen LogP contribution in [0.2, 0.25) is 0 Å². The second-order valence-electron chi connectivity index (χ2n) is 9.02. The van der Waals surface area contributed by atoms with Crippen LogP contribution < -0.4 is 0 Å². The van der Waals surface area contributed by atoms with Crippen molar-refractivity contribution in [2.45, 2.75) is 51.4 Å². The molecule has 7 heteroatoms. The smallest absolute Gasteiger partial charge is 0.311 e. The van der Waals surface area contributed by atoms with Gasteiger partial charge >= 0.3 is 11.9 Å². The van der Waals surface area contributed by atoms with Gasteiger partial charge in [0.2, 0.25) is 5.78 Å². The van der Waals surface area contributed by atoms with Gasteiger partial charge in [0, 0.05) is 22.8 Å². The molecule has 188 valence electrons. The lowest BCUT2D eigenvalue weighted by Gasteiger charge is -2.10. The van der Waals surface area contributed by atoms with Gasteiger partial charge in [0.05, 0.1) is 16.7 Å². The Bertz CT molecular complexity index is 1210. The topological polar surface area (TPSA) is 109 Å². The van der Waals surface area contributed by atoms with Crippen molar-refractivity contribution in [2.24, 2.45) is 5.92 Å². The molecule has 0 spiro atoms. The molecule has 0 radical (unpaired) electrons. The lowest BCUT2D eigenvalue weighted by atomic mass is 9.94. The average Bonchev–Trinajstić information content (AvgIpc) is 3.53. The zero-order valence-corrected chi connectivity index (χ0v) is 21.2. The zero-order valence-electron chi connectivity index (χ0n) is 20.3. The van der Waals surface area contributed by atoms with Crippen molar-refractivity contribution in [1.29, 1.82) is 0 Å². The van der Waals surface area contributed by atoms with E-state index in [4.69, 9.17) is 10.2 Å². The molecule has 36 heavy (non-hydrogen) atoms. The second-order valence-corrected chi connectivity index (χ2v) is 10.1. The van der Waals surface area contributed by atoms with Gasteiger partial charge in [-0.05, 0) is 56.4 Å². The van der Waals surface area contributed by atoms with E-state index in [1.807, 2.05) is 42.5 Å². The lowest BCUT2D eigenvalue weighted by Crippen LogP contribution is -2.10. The molecule has 1 fully saturated rings. The molecule has 1 aliphatic rings. The Morgan fingerprint density at radius 1 is 0.889 bits per heavy atom. The summed E-state index contributed by atoms with van der Waals surface area (Å²) in [6, 6.07) is 20.0. The normalized spacial score (nSPS) is 16.5. The largest absolute Gasteiger partial charge is 0.481 e. The van der Waals surface area contributed by atoms with Crippen LogP contribution in [-0.2, 0) is 20.8 Å². The molecule has 1 saturated carbocycles. The van der Waals surface area contributed by atoms with Gasteiger partial charge < -0.3 is 10.2 Å². The number of carbonyl (C=O) groups is 4. The van der Waals surface area contributed by atoms with Gasteiger partial charge in [-0.1, -0.05) is 54.6 Å². The van der Waals surface area contributed by atoms with Crippen molar-refractivity contribution in [1.82, 2.24) is 0 Å². The van der Waals surface area contributed by atoms with Gasteiger partial charge in [-0.2, -0.15) is 0 Å². The first-order valence-corrected chi connectivity index (χ1v) is 12.8. The number of aliphatic carboxylic acids is 2. The number of carbonyl (C=O) groups excluding carboxylic acids is 2. The van der Waals surface area contributed by atoms with Crippen LogP contribution in [0.5, 0.6) is 0 Å². The van der Waals surface area contributed by atoms with Gasteiger partial charge in [0.1, 0.15) is 5.78 Å². The summed E-state index contributed by atoms with van der Waals surface area (Å²) in [6.45, 7) is 3.29. The van der Waals surface area contributed by atoms with Crippen molar-refractivity contribution in [2.75, 3.05) is 0 Å². The maximum atomic E-state index is 12.1. The number of rotatable bonds is 8. The van der Waals surface area contributed by atoms with Gasteiger partial charge in [0.25, 0.3) is 0 Å². The van der Waals surface area contributed by atoms with E-state index in [2.05, 4.69) is 0 Å². The molecule has 2 aromatic carbocycles. The van der Waals surface area contributed by atoms with E-state index in [9.17, 15) is 19.2 Å². The highest BCUT2D eigenvalue weighted by molar-refractivity contribution is 7.14. The summed E-state index contributed by atoms with van der Waals surface area (Å²) in [5.41, 5.74) is 2.55. The van der Waals surface area contributed by atoms with Crippen LogP contribution in [0.15, 0.2) is 66.7 Å². The Hall–Kier alpha value is -3.58. The van der Waals surface area contributed by atoms with E-state index >= 15 is 0 Å². The number of carboxylic acid groups (broad SMARTS) is 2. The molecule has 1 aliphatic carbocycles. The van der Waals surface area contributed by atoms with Gasteiger partial charge in [-0.3, -0.25) is 19.2 Å². The van der Waals surface area contributed by atoms with Crippen LogP contribution in [0, 0.1) is 5.92 Å². The van der Waals surface area contributed by atoms with Gasteiger partial charge in [-0.15, -0.1) is 11.3 Å². The molecule has 0 bridgehead atoms. The third-order valence-corrected chi connectivity index (χ3v) is 7.71. The summed E-state index contributed by atoms with van der Waals surface area (Å²) >= 11 is 1.24. The summed E-state index contributed by atoms with van der Waals surface area (Å²) in [6.07, 6.45) is 3.52. The van der Waals surface area contributed by atoms with Crippen molar-refractivity contribution in [3.63, 3.8) is 0 Å². The van der Waals surface area contributed by atoms with E-state index in [-0.39, 0.29) is 11.7 Å². The van der Waals surface area contributed by atoms with Gasteiger partial charge in [-0.25, -0.2) is 0 Å². The number of thiophene rings is 1. The summed E-state index contributed by atoms with van der Waals surface area (Å²) in [5.74, 6) is -2.26. The Kier molecular flexibility index (Phi) is 9.31. The van der Waals surface area contributed by atoms with Crippen molar-refractivity contribution >= 4 is 34.8 Å². The predicted octanol–water partition coefficient (Wildman–Crippen LogP) is 5.95. The number of hydrogen-bond acceptors (Lipinski definition) is 5. The summed E-state index contributed by atoms with van der Waals surface area (Å²) in [5, 5.41) is 17.8. The number of carboxylic acids is 2. The SMILES string of the molecule is CC(C(=O)O)c1ccc(C(=O)c2ccccc2)s1.CC(C(=O)O)c1ccc(CC2CCCC2=O)cc1. The summed E-state index contributed by atoms with van der Waals surface area (Å²) in [4.78, 5) is 46.7. The number of Topliss-reactive ketones (excluding diaryl/α,β-unsaturated/α-hetero) is 1. The molecule has 1 heterocycles. The van der Waals surface area contributed by atoms with Crippen molar-refractivity contribution in [3.05, 3.63) is 93.2 Å². The van der Waals surface area contributed by atoms with E-state index in [1.165, 1.54) is 11.3 Å². The lowest BCUT2D eigenvalue weighted by molar-refractivity contribution is -0.139. The maximum Gasteiger partial charge on any atom is 0.311 e. The molecule has 0 saturated heterocycles. The van der Waals surface area contributed by atoms with Crippen LogP contribution in [0.4, 0.5) is 0 Å². The van der Waals surface area contributed by atoms with E-state index in [0.717, 1.165) is 36.8 Å². The van der Waals surface area contributed by atoms with Gasteiger partial charge in [0.15, 0.2) is 0 Å². The molecule has 2 N–H and O–H groups in total. The third kappa shape index (κ3) is 6.98. The Morgan fingerprint density at radius 3 is 2.08 bits per heavy atom. The highest BCUT2D eigenvalue weighted by atomic mass is 32.1. The summed E-state index contributed by atoms with van der Waals surface area (Å²) < 4.78 is 0. The maximum absolute atomic E-state index is 12.1. The molecule has 6 nitrogen and oxygen atoms in total. The Morgan fingerprint density at radius 2 is 1.53 bits per heavy atom. The third-order valence-electron chi connectivity index (χ3n) is 6.45. The first-order valence-electron chi connectivity index (χ1n) is 11.9. The molecular weight excluding hydrogens is 476 g/mol. The van der Waals surface area contributed by atoms with E-state index < -0.39 is 23.8 Å². The molecule has 3 unspecified atom stereocenters. The van der Waals surface area contributed by atoms with Crippen LogP contribution >= 0.6 is 11.3 Å². The fourth-order valence-electron chi connectivity index (χ4n) is 4.03. The number of benzene rings is 2. The Balaban J connectivity index is 0.000000201. The summed E-state index contributed by atoms with van der Waals surface area (Å²) in [7, 11) is 0. The molecule has 1 aromatic heterocycles. The monoisotopic (exact) mass is 506 g/mol. The Labute approximate surface area is 214 Å². The minimum Gasteiger partial charge on any atom is -0.481 e. The van der Waals surface area contributed by atoms with Crippen molar-refractivity contribution < 1.29 is 29.4 Å². The fraction of sp³-hybridized carbons (Fsp3) is 0.310. The van der Waals surface area contributed by atoms with Crippen LogP contribution in [0.1, 0.15) is 76.2 Å². The molecule has 4 rings (SSSR count). The second kappa shape index (κ2) is 12.4. The number of ketones is 2. The molecule has 3 aromatic rings. The molecule has 0 amide bonds. The average molecular weight is 507 g/mol. The van der Waals surface area contributed by atoms with Crippen molar-refractivity contribution in [3.8, 4) is 0 Å². The minimum absolute atomic E-state index is 0.0653. The first-order chi connectivity index (χ1) is 17.2. The zero-order chi connectivity index (χ0) is 26.2. The highest BCUT2D eigenvalue weighted by Crippen LogP contribution is 2.27. The quantitative estimate of drug-likeness (QED) is 0.365. The molecule has 3 atom stereocenters. The predicted molar refractivity (Wildman–Crippen MR) is 139 cm³/mol. The highest BCUT2D eigenvalue weighted by Gasteiger charge is 2.24. The van der Waals surface area contributed by atoms with Crippen LogP contribution in [0.3, 0.4) is 0 Å². The molecular formula is C29H30O6S. The first kappa shape index (κ1) is 27.0. The van der Waals surface area contributed by atoms with E-state index in [1.54, 1.807) is 38.1 Å².